The number of para-hydroxylation sites is 12. The number of hydrogen-bond acceptors (Lipinski definition) is 0. The lowest BCUT2D eigenvalue weighted by Crippen LogP contribution is -1.98. The van der Waals surface area contributed by atoms with E-state index < -0.39 is 0 Å². The Labute approximate surface area is 819 Å². The molecule has 0 saturated carbocycles. The Morgan fingerprint density at radius 2 is 0.282 bits per heavy atom. The van der Waals surface area contributed by atoms with Crippen LogP contribution in [-0.2, 0) is 0 Å². The molecule has 142 heavy (non-hydrogen) atoms. The van der Waals surface area contributed by atoms with Crippen LogP contribution in [0.3, 0.4) is 0 Å². The van der Waals surface area contributed by atoms with Crippen LogP contribution in [0.2, 0.25) is 0 Å². The van der Waals surface area contributed by atoms with Gasteiger partial charge in [0.05, 0.1) is 66.2 Å². The summed E-state index contributed by atoms with van der Waals surface area (Å²) in [5.41, 5.74) is 33.7. The molecule has 662 valence electrons. The normalized spacial score (nSPS) is 11.8. The first-order valence-corrected chi connectivity index (χ1v) is 48.9. The summed E-state index contributed by atoms with van der Waals surface area (Å²) in [5.74, 6) is 0. The van der Waals surface area contributed by atoms with Crippen LogP contribution in [0.25, 0.3) is 264 Å². The summed E-state index contributed by atoms with van der Waals surface area (Å²) in [4.78, 5) is 0. The van der Waals surface area contributed by atoms with Crippen LogP contribution in [0.15, 0.2) is 534 Å². The van der Waals surface area contributed by atoms with Crippen LogP contribution in [0.1, 0.15) is 0 Å². The fraction of sp³-hybridized carbons (Fsp3) is 0. The van der Waals surface area contributed by atoms with E-state index in [-0.39, 0.29) is 0 Å². The Kier molecular flexibility index (Phi) is 19.2. The van der Waals surface area contributed by atoms with E-state index in [4.69, 9.17) is 0 Å². The summed E-state index contributed by atoms with van der Waals surface area (Å²) in [6.45, 7) is 0. The lowest BCUT2D eigenvalue weighted by Gasteiger charge is -2.16. The molecule has 0 aliphatic rings. The van der Waals surface area contributed by atoms with Crippen molar-refractivity contribution in [2.45, 2.75) is 0 Å². The Morgan fingerprint density at radius 1 is 0.0986 bits per heavy atom. The van der Waals surface area contributed by atoms with Crippen molar-refractivity contribution in [1.82, 2.24) is 27.4 Å². The highest BCUT2D eigenvalue weighted by atomic mass is 15.0. The fourth-order valence-electron chi connectivity index (χ4n) is 23.2. The number of fused-ring (bicyclic) bond motifs is 22. The molecule has 6 heterocycles. The molecule has 0 aliphatic heterocycles. The lowest BCUT2D eigenvalue weighted by atomic mass is 9.99. The lowest BCUT2D eigenvalue weighted by molar-refractivity contribution is 1.17. The number of nitrogens with zero attached hydrogens (tertiary/aromatic N) is 6. The molecule has 0 atom stereocenters. The Morgan fingerprint density at radius 3 is 0.549 bits per heavy atom. The zero-order valence-electron chi connectivity index (χ0n) is 77.5. The maximum Gasteiger partial charge on any atom is 0.0620 e. The van der Waals surface area contributed by atoms with E-state index in [9.17, 15) is 0 Å². The number of aromatic nitrogens is 6. The molecule has 6 heteroatoms. The largest absolute Gasteiger partial charge is 0.309 e. The van der Waals surface area contributed by atoms with Crippen LogP contribution in [0, 0.1) is 0 Å². The first kappa shape index (κ1) is 81.5. The number of benzene rings is 24. The molecule has 0 fully saturated rings. The standard InChI is InChI=1S/2C46H30N2.C44H28N2/c1-2-13-31(14-3-1)34-17-10-18-35(29-34)47-43-25-8-6-19-37(43)39-21-11-23-41(45(39)47)42-24-12-22-40-38-20-7-9-26-44(38)48(46(40)42)36-28-27-32-15-4-5-16-33(32)30-36;1-2-12-31(13-3-1)33-24-27-35(28-25-33)47-43-22-8-6-16-37(43)39-18-10-20-41(45(39)47)42-21-11-19-40-38-17-7-9-23-44(38)48(46(40)42)36-29-26-32-14-4-5-15-34(32)30-36;1-3-13-31-27-33(25-23-29(31)11-1)45-41-21-7-5-15-35(41)37-17-9-19-39(43(37)45)40-20-10-18-38-36-16-6-8-22-42(36)46(44(38)40)34-26-24-30-12-2-4-14-32(30)28-34/h2*1-30H;1-28H. The summed E-state index contributed by atoms with van der Waals surface area (Å²) >= 11 is 0. The molecule has 0 aliphatic carbocycles. The van der Waals surface area contributed by atoms with Gasteiger partial charge >= 0.3 is 0 Å². The first-order valence-electron chi connectivity index (χ1n) is 48.9. The van der Waals surface area contributed by atoms with Crippen molar-refractivity contribution in [2.24, 2.45) is 0 Å². The monoisotopic (exact) mass is 1800 g/mol. The summed E-state index contributed by atoms with van der Waals surface area (Å²) in [7, 11) is 0. The van der Waals surface area contributed by atoms with Crippen molar-refractivity contribution >= 4 is 174 Å². The van der Waals surface area contributed by atoms with Gasteiger partial charge in [-0.2, -0.15) is 0 Å². The minimum Gasteiger partial charge on any atom is -0.309 e. The van der Waals surface area contributed by atoms with E-state index in [1.54, 1.807) is 0 Å². The van der Waals surface area contributed by atoms with E-state index in [0.717, 1.165) is 22.7 Å². The first-order chi connectivity index (χ1) is 70.5. The van der Waals surface area contributed by atoms with E-state index in [0.29, 0.717) is 0 Å². The van der Waals surface area contributed by atoms with Gasteiger partial charge in [0.1, 0.15) is 0 Å². The SMILES string of the molecule is c1ccc(-c2ccc(-n3c4ccccc4c4cccc(-c5cccc6c7ccccc7n(-c7ccc8ccccc8c7)c56)c43)cc2)cc1.c1ccc(-c2cccc(-n3c4ccccc4c4cccc(-c5cccc6c7ccccc7n(-c7ccc8ccccc8c7)c56)c43)c2)cc1.c1ccc2cc(-n3c4ccccc4c4cccc(-c5cccc6c7ccccc7n(-c7ccc8ccccc8c7)c56)c43)ccc2c1. The summed E-state index contributed by atoms with van der Waals surface area (Å²) in [5, 5.41) is 25.0. The third-order valence-corrected chi connectivity index (χ3v) is 29.4. The average molecular weight is 1810 g/mol. The fourth-order valence-corrected chi connectivity index (χ4v) is 23.2. The van der Waals surface area contributed by atoms with Gasteiger partial charge in [-0.3, -0.25) is 0 Å². The maximum atomic E-state index is 2.47. The highest BCUT2D eigenvalue weighted by Gasteiger charge is 2.28. The van der Waals surface area contributed by atoms with Crippen molar-refractivity contribution in [1.29, 1.82) is 0 Å². The van der Waals surface area contributed by atoms with Crippen molar-refractivity contribution in [3.05, 3.63) is 534 Å². The van der Waals surface area contributed by atoms with E-state index in [1.807, 2.05) is 0 Å². The second-order valence-corrected chi connectivity index (χ2v) is 37.3. The van der Waals surface area contributed by atoms with Gasteiger partial charge in [0.25, 0.3) is 0 Å². The molecule has 6 nitrogen and oxygen atoms in total. The second-order valence-electron chi connectivity index (χ2n) is 37.3. The topological polar surface area (TPSA) is 29.6 Å². The Balaban J connectivity index is 0.000000104. The van der Waals surface area contributed by atoms with Gasteiger partial charge in [-0.15, -0.1) is 0 Å². The summed E-state index contributed by atoms with van der Waals surface area (Å²) in [6, 6.07) is 195. The third-order valence-electron chi connectivity index (χ3n) is 29.4. The van der Waals surface area contributed by atoms with Gasteiger partial charge in [0, 0.05) is 132 Å². The molecule has 6 aromatic heterocycles. The van der Waals surface area contributed by atoms with E-state index in [2.05, 4.69) is 561 Å². The van der Waals surface area contributed by atoms with Crippen molar-refractivity contribution in [3.8, 4) is 89.8 Å². The minimum absolute atomic E-state index is 1.15. The smallest absolute Gasteiger partial charge is 0.0620 e. The zero-order chi connectivity index (χ0) is 93.4. The third kappa shape index (κ3) is 13.3. The van der Waals surface area contributed by atoms with Gasteiger partial charge in [-0.05, 0) is 175 Å². The molecular weight excluding hydrogens is 1720 g/mol. The van der Waals surface area contributed by atoms with Gasteiger partial charge in [0.15, 0.2) is 0 Å². The number of hydrogen-bond donors (Lipinski definition) is 0. The highest BCUT2D eigenvalue weighted by molar-refractivity contribution is 6.24. The molecule has 0 bridgehead atoms. The van der Waals surface area contributed by atoms with Crippen LogP contribution in [0.5, 0.6) is 0 Å². The molecule has 0 saturated heterocycles. The van der Waals surface area contributed by atoms with Gasteiger partial charge in [0.2, 0.25) is 0 Å². The predicted octanol–water partition coefficient (Wildman–Crippen LogP) is 36.6. The van der Waals surface area contributed by atoms with E-state index in [1.165, 1.54) is 241 Å². The Bertz CT molecular complexity index is 10100. The minimum atomic E-state index is 1.15. The molecular formula is C136H88N6. The van der Waals surface area contributed by atoms with Crippen LogP contribution >= 0.6 is 0 Å². The maximum absolute atomic E-state index is 2.47. The highest BCUT2D eigenvalue weighted by Crippen LogP contribution is 2.50. The predicted molar refractivity (Wildman–Crippen MR) is 603 cm³/mol. The molecule has 24 aromatic carbocycles. The average Bonchev–Trinajstić information content (AvgIpc) is 1.56. The molecule has 0 unspecified atom stereocenters. The van der Waals surface area contributed by atoms with Crippen molar-refractivity contribution < 1.29 is 0 Å². The quantitative estimate of drug-likeness (QED) is 0.124. The molecule has 0 N–H and O–H groups in total. The van der Waals surface area contributed by atoms with Crippen molar-refractivity contribution in [3.63, 3.8) is 0 Å². The summed E-state index contributed by atoms with van der Waals surface area (Å²) in [6.07, 6.45) is 0. The molecule has 30 rings (SSSR count). The molecule has 0 spiro atoms. The Hall–Kier alpha value is -18.9. The summed E-state index contributed by atoms with van der Waals surface area (Å²) < 4.78 is 14.8. The van der Waals surface area contributed by atoms with E-state index >= 15 is 0 Å². The van der Waals surface area contributed by atoms with Crippen LogP contribution in [-0.4, -0.2) is 27.4 Å². The van der Waals surface area contributed by atoms with Crippen LogP contribution < -0.4 is 0 Å². The second kappa shape index (κ2) is 33.5. The molecule has 0 amide bonds. The molecule has 30 aromatic rings. The zero-order valence-corrected chi connectivity index (χ0v) is 77.5. The van der Waals surface area contributed by atoms with Crippen LogP contribution in [0.4, 0.5) is 0 Å². The van der Waals surface area contributed by atoms with Crippen molar-refractivity contribution in [2.75, 3.05) is 0 Å². The van der Waals surface area contributed by atoms with Gasteiger partial charge < -0.3 is 27.4 Å². The number of rotatable bonds is 11. The van der Waals surface area contributed by atoms with Gasteiger partial charge in [-0.25, -0.2) is 0 Å². The van der Waals surface area contributed by atoms with Gasteiger partial charge in [-0.1, -0.05) is 425 Å². The molecule has 0 radical (unpaired) electrons.